The monoisotopic (exact) mass is 372 g/mol. The summed E-state index contributed by atoms with van der Waals surface area (Å²) < 4.78 is 18.6. The third-order valence-electron chi connectivity index (χ3n) is 4.65. The average molecular weight is 372 g/mol. The quantitative estimate of drug-likeness (QED) is 0.812. The van der Waals surface area contributed by atoms with Gasteiger partial charge in [0, 0.05) is 38.5 Å². The molecule has 3 rings (SSSR count). The fourth-order valence-electron chi connectivity index (χ4n) is 3.23. The van der Waals surface area contributed by atoms with Gasteiger partial charge in [0.25, 0.3) is 5.91 Å². The van der Waals surface area contributed by atoms with Gasteiger partial charge < -0.3 is 19.6 Å². The smallest absolute Gasteiger partial charge is 0.256 e. The van der Waals surface area contributed by atoms with Crippen LogP contribution in [0.15, 0.2) is 48.5 Å². The molecule has 0 aromatic heterocycles. The van der Waals surface area contributed by atoms with Crippen molar-refractivity contribution >= 4 is 11.6 Å². The molecular formula is C21H25FN2O3. The van der Waals surface area contributed by atoms with E-state index in [2.05, 4.69) is 4.90 Å². The zero-order valence-corrected chi connectivity index (χ0v) is 15.3. The highest BCUT2D eigenvalue weighted by Crippen LogP contribution is 2.24. The first kappa shape index (κ1) is 19.3. The number of halogens is 1. The number of nitrogens with zero attached hydrogens (tertiary/aromatic N) is 2. The molecule has 0 atom stereocenters. The summed E-state index contributed by atoms with van der Waals surface area (Å²) in [6.45, 7) is 3.61. The van der Waals surface area contributed by atoms with Crippen LogP contribution in [0.4, 0.5) is 10.1 Å². The van der Waals surface area contributed by atoms with Gasteiger partial charge in [-0.1, -0.05) is 24.3 Å². The third-order valence-corrected chi connectivity index (χ3v) is 4.65. The number of aliphatic hydroxyl groups excluding tert-OH is 1. The molecule has 27 heavy (non-hydrogen) atoms. The van der Waals surface area contributed by atoms with E-state index in [1.807, 2.05) is 24.3 Å². The van der Waals surface area contributed by atoms with Gasteiger partial charge in [-0.2, -0.15) is 0 Å². The number of para-hydroxylation sites is 1. The lowest BCUT2D eigenvalue weighted by molar-refractivity contribution is 0.0731. The van der Waals surface area contributed by atoms with Crippen molar-refractivity contribution in [3.8, 4) is 0 Å². The van der Waals surface area contributed by atoms with Crippen molar-refractivity contribution in [1.82, 2.24) is 4.90 Å². The van der Waals surface area contributed by atoms with Crippen LogP contribution in [0.25, 0.3) is 0 Å². The summed E-state index contributed by atoms with van der Waals surface area (Å²) in [5, 5.41) is 9.22. The molecule has 0 spiro atoms. The van der Waals surface area contributed by atoms with Crippen LogP contribution in [0.2, 0.25) is 0 Å². The number of rotatable bonds is 7. The number of ether oxygens (including phenoxy) is 1. The zero-order chi connectivity index (χ0) is 19.1. The molecule has 1 fully saturated rings. The van der Waals surface area contributed by atoms with E-state index >= 15 is 0 Å². The molecule has 5 nitrogen and oxygen atoms in total. The fourth-order valence-corrected chi connectivity index (χ4v) is 3.23. The SMILES string of the molecule is O=C(c1ccccc1N1CCOCC1)N(CCCO)Cc1ccc(F)cc1. The number of carbonyl (C=O) groups excluding carboxylic acids is 1. The highest BCUT2D eigenvalue weighted by molar-refractivity contribution is 5.99. The van der Waals surface area contributed by atoms with Crippen molar-refractivity contribution in [3.05, 3.63) is 65.5 Å². The van der Waals surface area contributed by atoms with Gasteiger partial charge in [-0.15, -0.1) is 0 Å². The summed E-state index contributed by atoms with van der Waals surface area (Å²) in [5.74, 6) is -0.389. The number of hydrogen-bond acceptors (Lipinski definition) is 4. The molecule has 2 aromatic rings. The van der Waals surface area contributed by atoms with Crippen molar-refractivity contribution in [2.45, 2.75) is 13.0 Å². The van der Waals surface area contributed by atoms with E-state index in [1.54, 1.807) is 17.0 Å². The molecule has 1 amide bonds. The third kappa shape index (κ3) is 5.05. The summed E-state index contributed by atoms with van der Waals surface area (Å²) in [6.07, 6.45) is 0.493. The van der Waals surface area contributed by atoms with Gasteiger partial charge in [0.15, 0.2) is 0 Å². The first-order valence-electron chi connectivity index (χ1n) is 9.25. The van der Waals surface area contributed by atoms with Crippen LogP contribution in [-0.2, 0) is 11.3 Å². The van der Waals surface area contributed by atoms with E-state index in [9.17, 15) is 14.3 Å². The maximum absolute atomic E-state index is 13.3. The molecule has 1 aliphatic rings. The Bertz CT molecular complexity index is 745. The highest BCUT2D eigenvalue weighted by Gasteiger charge is 2.22. The number of hydrogen-bond donors (Lipinski definition) is 1. The highest BCUT2D eigenvalue weighted by atomic mass is 19.1. The lowest BCUT2D eigenvalue weighted by Crippen LogP contribution is -2.38. The van der Waals surface area contributed by atoms with Crippen LogP contribution in [0, 0.1) is 5.82 Å². The number of anilines is 1. The van der Waals surface area contributed by atoms with Gasteiger partial charge in [0.1, 0.15) is 5.82 Å². The second kappa shape index (κ2) is 9.48. The minimum atomic E-state index is -0.301. The largest absolute Gasteiger partial charge is 0.396 e. The molecule has 0 radical (unpaired) electrons. The van der Waals surface area contributed by atoms with E-state index in [1.165, 1.54) is 12.1 Å². The Labute approximate surface area is 159 Å². The van der Waals surface area contributed by atoms with Crippen molar-refractivity contribution in [3.63, 3.8) is 0 Å². The minimum Gasteiger partial charge on any atom is -0.396 e. The molecule has 1 aliphatic heterocycles. The van der Waals surface area contributed by atoms with E-state index in [4.69, 9.17) is 4.74 Å². The first-order valence-corrected chi connectivity index (χ1v) is 9.25. The molecule has 6 heteroatoms. The van der Waals surface area contributed by atoms with Gasteiger partial charge in [0.2, 0.25) is 0 Å². The van der Waals surface area contributed by atoms with E-state index < -0.39 is 0 Å². The molecular weight excluding hydrogens is 347 g/mol. The Morgan fingerprint density at radius 3 is 2.52 bits per heavy atom. The number of carbonyl (C=O) groups is 1. The summed E-state index contributed by atoms with van der Waals surface area (Å²) in [4.78, 5) is 17.2. The summed E-state index contributed by atoms with van der Waals surface area (Å²) in [7, 11) is 0. The lowest BCUT2D eigenvalue weighted by atomic mass is 10.1. The molecule has 1 N–H and O–H groups in total. The van der Waals surface area contributed by atoms with Crippen molar-refractivity contribution in [2.24, 2.45) is 0 Å². The van der Waals surface area contributed by atoms with E-state index in [0.717, 1.165) is 24.3 Å². The van der Waals surface area contributed by atoms with Gasteiger partial charge >= 0.3 is 0 Å². The normalized spacial score (nSPS) is 14.2. The summed E-state index contributed by atoms with van der Waals surface area (Å²) in [5.41, 5.74) is 2.39. The topological polar surface area (TPSA) is 53.0 Å². The molecule has 0 saturated carbocycles. The number of benzene rings is 2. The second-order valence-electron chi connectivity index (χ2n) is 6.55. The van der Waals surface area contributed by atoms with Crippen molar-refractivity contribution < 1.29 is 19.0 Å². The second-order valence-corrected chi connectivity index (χ2v) is 6.55. The van der Waals surface area contributed by atoms with Crippen LogP contribution < -0.4 is 4.90 Å². The Balaban J connectivity index is 1.83. The first-order chi connectivity index (χ1) is 13.2. The fraction of sp³-hybridized carbons (Fsp3) is 0.381. The predicted molar refractivity (Wildman–Crippen MR) is 102 cm³/mol. The molecule has 0 unspecified atom stereocenters. The molecule has 1 saturated heterocycles. The Morgan fingerprint density at radius 1 is 1.11 bits per heavy atom. The maximum Gasteiger partial charge on any atom is 0.256 e. The number of amides is 1. The zero-order valence-electron chi connectivity index (χ0n) is 15.3. The minimum absolute atomic E-state index is 0.0122. The summed E-state index contributed by atoms with van der Waals surface area (Å²) >= 11 is 0. The lowest BCUT2D eigenvalue weighted by Gasteiger charge is -2.31. The standard InChI is InChI=1S/C21H25FN2O3/c22-18-8-6-17(7-9-18)16-24(10-3-13-25)21(26)19-4-1-2-5-20(19)23-11-14-27-15-12-23/h1-2,4-9,25H,3,10-16H2. The maximum atomic E-state index is 13.3. The van der Waals surface area contributed by atoms with Crippen molar-refractivity contribution in [1.29, 1.82) is 0 Å². The van der Waals surface area contributed by atoms with E-state index in [0.29, 0.717) is 38.3 Å². The predicted octanol–water partition coefficient (Wildman–Crippen LogP) is 2.69. The van der Waals surface area contributed by atoms with Gasteiger partial charge in [0.05, 0.1) is 18.8 Å². The number of aliphatic hydroxyl groups is 1. The van der Waals surface area contributed by atoms with Crippen LogP contribution in [0.5, 0.6) is 0 Å². The summed E-state index contributed by atoms with van der Waals surface area (Å²) in [6, 6.07) is 13.7. The average Bonchev–Trinajstić information content (AvgIpc) is 2.72. The Hall–Kier alpha value is -2.44. The van der Waals surface area contributed by atoms with Crippen LogP contribution in [0.3, 0.4) is 0 Å². The molecule has 1 heterocycles. The van der Waals surface area contributed by atoms with Crippen molar-refractivity contribution in [2.75, 3.05) is 44.4 Å². The number of morpholine rings is 1. The van der Waals surface area contributed by atoms with Gasteiger partial charge in [-0.25, -0.2) is 4.39 Å². The molecule has 144 valence electrons. The Morgan fingerprint density at radius 2 is 1.81 bits per heavy atom. The Kier molecular flexibility index (Phi) is 6.79. The van der Waals surface area contributed by atoms with Gasteiger partial charge in [-0.05, 0) is 36.2 Å². The van der Waals surface area contributed by atoms with Gasteiger partial charge in [-0.3, -0.25) is 4.79 Å². The molecule has 0 bridgehead atoms. The van der Waals surface area contributed by atoms with E-state index in [-0.39, 0.29) is 18.3 Å². The molecule has 0 aliphatic carbocycles. The van der Waals surface area contributed by atoms with Crippen LogP contribution in [-0.4, -0.2) is 55.4 Å². The molecule has 2 aromatic carbocycles. The van der Waals surface area contributed by atoms with Crippen LogP contribution >= 0.6 is 0 Å². The van der Waals surface area contributed by atoms with Crippen LogP contribution in [0.1, 0.15) is 22.3 Å².